The van der Waals surface area contributed by atoms with Crippen molar-refractivity contribution < 1.29 is 19.0 Å². The van der Waals surface area contributed by atoms with Gasteiger partial charge in [0.25, 0.3) is 5.56 Å². The number of rotatable bonds is 6. The fourth-order valence-corrected chi connectivity index (χ4v) is 5.58. The first-order chi connectivity index (χ1) is 18.2. The number of carbonyl (C=O) groups excluding carboxylic acids is 1. The number of methoxy groups -OCH3 is 3. The van der Waals surface area contributed by atoms with E-state index in [1.54, 1.807) is 12.1 Å². The van der Waals surface area contributed by atoms with E-state index in [0.717, 1.165) is 5.56 Å². The van der Waals surface area contributed by atoms with Gasteiger partial charge in [-0.3, -0.25) is 19.1 Å². The Morgan fingerprint density at radius 2 is 1.61 bits per heavy atom. The highest BCUT2D eigenvalue weighted by molar-refractivity contribution is 6.01. The van der Waals surface area contributed by atoms with Gasteiger partial charge in [-0.25, -0.2) is 4.79 Å². The minimum Gasteiger partial charge on any atom is -0.493 e. The van der Waals surface area contributed by atoms with Gasteiger partial charge in [0.05, 0.1) is 33.4 Å². The number of fused-ring (bicyclic) bond motifs is 1. The Balaban J connectivity index is 1.81. The smallest absolute Gasteiger partial charge is 0.330 e. The van der Waals surface area contributed by atoms with Crippen LogP contribution in [0.4, 0.5) is 5.82 Å². The monoisotopic (exact) mass is 517 g/mol. The summed E-state index contributed by atoms with van der Waals surface area (Å²) in [5, 5.41) is 3.35. The van der Waals surface area contributed by atoms with Crippen LogP contribution in [0.2, 0.25) is 0 Å². The number of ether oxygens (including phenoxy) is 3. The van der Waals surface area contributed by atoms with E-state index in [2.05, 4.69) is 10.3 Å². The van der Waals surface area contributed by atoms with Crippen molar-refractivity contribution in [2.45, 2.75) is 39.2 Å². The van der Waals surface area contributed by atoms with E-state index < -0.39 is 17.2 Å². The van der Waals surface area contributed by atoms with Gasteiger partial charge in [0.2, 0.25) is 5.75 Å². The lowest BCUT2D eigenvalue weighted by atomic mass is 9.69. The van der Waals surface area contributed by atoms with Crippen molar-refractivity contribution in [3.8, 4) is 17.2 Å². The van der Waals surface area contributed by atoms with Gasteiger partial charge in [0, 0.05) is 23.6 Å². The number of carbonyl (C=O) groups is 1. The second kappa shape index (κ2) is 9.55. The molecule has 9 nitrogen and oxygen atoms in total. The minimum absolute atomic E-state index is 0.0478. The normalized spacial score (nSPS) is 17.8. The Morgan fingerprint density at radius 3 is 2.21 bits per heavy atom. The zero-order valence-corrected chi connectivity index (χ0v) is 22.1. The molecular weight excluding hydrogens is 486 g/mol. The van der Waals surface area contributed by atoms with Gasteiger partial charge >= 0.3 is 5.69 Å². The van der Waals surface area contributed by atoms with Gasteiger partial charge in [0.1, 0.15) is 5.82 Å². The highest BCUT2D eigenvalue weighted by Gasteiger charge is 2.43. The molecule has 2 aliphatic rings. The lowest BCUT2D eigenvalue weighted by Gasteiger charge is -2.39. The van der Waals surface area contributed by atoms with Crippen LogP contribution in [-0.2, 0) is 11.3 Å². The standard InChI is InChI=1S/C29H31N3O6/c1-29(2)13-18-23(19(33)14-29)22(17-11-20(36-3)25(38-5)21(12-17)37-4)24-26(30-18)32(28(35)31-27(24)34)15-16-9-7-6-8-10-16/h6-12,22,30H,13-15H2,1-5H3,(H,31,34,35). The predicted octanol–water partition coefficient (Wildman–Crippen LogP) is 3.81. The number of aromatic nitrogens is 2. The number of aromatic amines is 1. The summed E-state index contributed by atoms with van der Waals surface area (Å²) in [6.45, 7) is 4.32. The third-order valence-electron chi connectivity index (χ3n) is 7.21. The first kappa shape index (κ1) is 25.4. The molecule has 0 saturated carbocycles. The Morgan fingerprint density at radius 1 is 0.947 bits per heavy atom. The van der Waals surface area contributed by atoms with Gasteiger partial charge in [0.15, 0.2) is 17.3 Å². The number of hydrogen-bond acceptors (Lipinski definition) is 7. The maximum atomic E-state index is 13.7. The zero-order valence-electron chi connectivity index (χ0n) is 22.1. The molecule has 0 radical (unpaired) electrons. The SMILES string of the molecule is COc1cc(C2C3=C(CC(C)(C)CC3=O)Nc3c2c(=O)[nH]c(=O)n3Cc2ccccc2)cc(OC)c1OC. The summed E-state index contributed by atoms with van der Waals surface area (Å²) < 4.78 is 18.2. The van der Waals surface area contributed by atoms with Crippen LogP contribution in [0.1, 0.15) is 49.3 Å². The third-order valence-corrected chi connectivity index (χ3v) is 7.21. The molecule has 38 heavy (non-hydrogen) atoms. The number of ketones is 1. The number of H-pyrrole nitrogens is 1. The van der Waals surface area contributed by atoms with Crippen LogP contribution in [0, 0.1) is 5.41 Å². The molecule has 5 rings (SSSR count). The van der Waals surface area contributed by atoms with Crippen molar-refractivity contribution in [1.29, 1.82) is 0 Å². The number of allylic oxidation sites excluding steroid dienone is 2. The fourth-order valence-electron chi connectivity index (χ4n) is 5.58. The highest BCUT2D eigenvalue weighted by atomic mass is 16.5. The molecule has 2 N–H and O–H groups in total. The lowest BCUT2D eigenvalue weighted by Crippen LogP contribution is -2.42. The molecule has 2 aromatic carbocycles. The molecule has 1 atom stereocenters. The molecule has 3 aromatic rings. The van der Waals surface area contributed by atoms with Gasteiger partial charge in [-0.2, -0.15) is 0 Å². The molecule has 0 amide bonds. The summed E-state index contributed by atoms with van der Waals surface area (Å²) in [4.78, 5) is 42.7. The van der Waals surface area contributed by atoms with E-state index in [0.29, 0.717) is 58.3 Å². The Hall–Kier alpha value is -4.27. The number of nitrogens with one attached hydrogen (secondary N) is 2. The molecule has 1 aliphatic carbocycles. The van der Waals surface area contributed by atoms with Crippen molar-refractivity contribution in [1.82, 2.24) is 9.55 Å². The summed E-state index contributed by atoms with van der Waals surface area (Å²) >= 11 is 0. The van der Waals surface area contributed by atoms with Crippen molar-refractivity contribution in [2.75, 3.05) is 26.6 Å². The van der Waals surface area contributed by atoms with Crippen molar-refractivity contribution >= 4 is 11.6 Å². The van der Waals surface area contributed by atoms with Crippen LogP contribution >= 0.6 is 0 Å². The number of benzene rings is 2. The van der Waals surface area contributed by atoms with Crippen LogP contribution in [-0.4, -0.2) is 36.7 Å². The van der Waals surface area contributed by atoms with Gasteiger partial charge in [-0.15, -0.1) is 0 Å². The van der Waals surface area contributed by atoms with E-state index in [1.807, 2.05) is 44.2 Å². The maximum absolute atomic E-state index is 13.7. The van der Waals surface area contributed by atoms with Crippen LogP contribution in [0.3, 0.4) is 0 Å². The molecular formula is C29H31N3O6. The van der Waals surface area contributed by atoms with Crippen LogP contribution in [0.25, 0.3) is 0 Å². The molecule has 0 fully saturated rings. The molecule has 1 aromatic heterocycles. The lowest BCUT2D eigenvalue weighted by molar-refractivity contribution is -0.118. The Bertz CT molecular complexity index is 1540. The summed E-state index contributed by atoms with van der Waals surface area (Å²) in [6.07, 6.45) is 0.923. The van der Waals surface area contributed by atoms with Crippen molar-refractivity contribution in [3.63, 3.8) is 0 Å². The highest BCUT2D eigenvalue weighted by Crippen LogP contribution is 2.50. The molecule has 0 bridgehead atoms. The molecule has 9 heteroatoms. The number of hydrogen-bond donors (Lipinski definition) is 2. The third kappa shape index (κ3) is 4.27. The van der Waals surface area contributed by atoms with Crippen molar-refractivity contribution in [3.05, 3.63) is 91.3 Å². The van der Waals surface area contributed by atoms with Crippen LogP contribution < -0.4 is 30.8 Å². The number of Topliss-reactive ketones (excluding diaryl/α,β-unsaturated/α-hetero) is 1. The Kier molecular flexibility index (Phi) is 6.38. The maximum Gasteiger partial charge on any atom is 0.330 e. The molecule has 0 saturated heterocycles. The molecule has 2 heterocycles. The van der Waals surface area contributed by atoms with Gasteiger partial charge in [-0.1, -0.05) is 44.2 Å². The predicted molar refractivity (Wildman–Crippen MR) is 143 cm³/mol. The van der Waals surface area contributed by atoms with E-state index in [-0.39, 0.29) is 17.7 Å². The first-order valence-corrected chi connectivity index (χ1v) is 12.4. The van der Waals surface area contributed by atoms with E-state index in [9.17, 15) is 14.4 Å². The fraction of sp³-hybridized carbons (Fsp3) is 0.345. The zero-order chi connectivity index (χ0) is 27.2. The summed E-state index contributed by atoms with van der Waals surface area (Å²) in [6, 6.07) is 13.0. The van der Waals surface area contributed by atoms with E-state index >= 15 is 0 Å². The summed E-state index contributed by atoms with van der Waals surface area (Å²) in [5.74, 6) is 0.800. The summed E-state index contributed by atoms with van der Waals surface area (Å²) in [7, 11) is 4.54. The Labute approximate surface area is 220 Å². The molecule has 1 unspecified atom stereocenters. The molecule has 1 aliphatic heterocycles. The van der Waals surface area contributed by atoms with E-state index in [4.69, 9.17) is 14.2 Å². The molecule has 198 valence electrons. The van der Waals surface area contributed by atoms with Gasteiger partial charge in [-0.05, 0) is 35.1 Å². The number of anilines is 1. The second-order valence-electron chi connectivity index (χ2n) is 10.4. The van der Waals surface area contributed by atoms with Gasteiger partial charge < -0.3 is 19.5 Å². The van der Waals surface area contributed by atoms with Crippen LogP contribution in [0.15, 0.2) is 63.3 Å². The first-order valence-electron chi connectivity index (χ1n) is 12.4. The topological polar surface area (TPSA) is 112 Å². The largest absolute Gasteiger partial charge is 0.493 e. The minimum atomic E-state index is -0.745. The summed E-state index contributed by atoms with van der Waals surface area (Å²) in [5.41, 5.74) is 1.68. The van der Waals surface area contributed by atoms with Crippen molar-refractivity contribution in [2.24, 2.45) is 5.41 Å². The van der Waals surface area contributed by atoms with E-state index in [1.165, 1.54) is 25.9 Å². The average Bonchev–Trinajstić information content (AvgIpc) is 2.88. The second-order valence-corrected chi connectivity index (χ2v) is 10.4. The quantitative estimate of drug-likeness (QED) is 0.511. The number of nitrogens with zero attached hydrogens (tertiary/aromatic N) is 1. The average molecular weight is 518 g/mol. The van der Waals surface area contributed by atoms with Crippen LogP contribution in [0.5, 0.6) is 17.2 Å². The molecule has 0 spiro atoms.